The summed E-state index contributed by atoms with van der Waals surface area (Å²) in [6.45, 7) is 5.35. The molecule has 0 spiro atoms. The molecule has 0 aliphatic carbocycles. The highest BCUT2D eigenvalue weighted by Crippen LogP contribution is 2.12. The Bertz CT molecular complexity index is 562. The molecule has 0 aromatic heterocycles. The molecule has 0 aliphatic rings. The van der Waals surface area contributed by atoms with Crippen molar-refractivity contribution < 1.29 is 24.0 Å². The molecule has 1 aromatic rings. The van der Waals surface area contributed by atoms with Gasteiger partial charge in [0, 0.05) is 18.7 Å². The number of non-ortho nitro benzene ring substituents is 1. The average molecular weight is 324 g/mol. The Balaban J connectivity index is 2.27. The van der Waals surface area contributed by atoms with Crippen molar-refractivity contribution in [3.05, 3.63) is 39.9 Å². The lowest BCUT2D eigenvalue weighted by Gasteiger charge is -2.19. The number of benzene rings is 1. The van der Waals surface area contributed by atoms with Crippen LogP contribution in [0.2, 0.25) is 0 Å². The highest BCUT2D eigenvalue weighted by molar-refractivity contribution is 5.72. The minimum atomic E-state index is -0.597. The van der Waals surface area contributed by atoms with Gasteiger partial charge in [-0.1, -0.05) is 0 Å². The number of nitrogens with one attached hydrogen (secondary N) is 1. The van der Waals surface area contributed by atoms with Gasteiger partial charge in [-0.05, 0) is 38.5 Å². The Morgan fingerprint density at radius 3 is 2.35 bits per heavy atom. The van der Waals surface area contributed by atoms with Crippen LogP contribution < -0.4 is 5.32 Å². The van der Waals surface area contributed by atoms with Crippen LogP contribution in [0.15, 0.2) is 24.3 Å². The van der Waals surface area contributed by atoms with E-state index in [1.165, 1.54) is 24.3 Å². The van der Waals surface area contributed by atoms with Gasteiger partial charge in [0.25, 0.3) is 5.69 Å². The first-order valence-electron chi connectivity index (χ1n) is 7.03. The molecule has 0 aliphatic heterocycles. The third-order valence-corrected chi connectivity index (χ3v) is 2.54. The van der Waals surface area contributed by atoms with Gasteiger partial charge in [0.2, 0.25) is 0 Å². The average Bonchev–Trinajstić information content (AvgIpc) is 2.43. The summed E-state index contributed by atoms with van der Waals surface area (Å²) in [5, 5.41) is 13.0. The number of nitro groups is 1. The molecule has 1 N–H and O–H groups in total. The number of amides is 1. The maximum atomic E-state index is 11.5. The minimum absolute atomic E-state index is 0.00617. The van der Waals surface area contributed by atoms with Crippen LogP contribution in [0.25, 0.3) is 0 Å². The maximum absolute atomic E-state index is 11.5. The Kier molecular flexibility index (Phi) is 6.49. The molecule has 0 saturated heterocycles. The van der Waals surface area contributed by atoms with E-state index in [2.05, 4.69) is 5.32 Å². The molecule has 0 unspecified atom stereocenters. The molecule has 126 valence electrons. The van der Waals surface area contributed by atoms with Crippen molar-refractivity contribution in [3.8, 4) is 0 Å². The fourth-order valence-corrected chi connectivity index (χ4v) is 1.53. The summed E-state index contributed by atoms with van der Waals surface area (Å²) in [4.78, 5) is 32.9. The van der Waals surface area contributed by atoms with E-state index in [0.717, 1.165) is 0 Å². The second kappa shape index (κ2) is 8.11. The van der Waals surface area contributed by atoms with Gasteiger partial charge in [0.15, 0.2) is 0 Å². The zero-order valence-corrected chi connectivity index (χ0v) is 13.3. The molecule has 1 rings (SSSR count). The van der Waals surface area contributed by atoms with Crippen molar-refractivity contribution in [3.63, 3.8) is 0 Å². The molecular weight excluding hydrogens is 304 g/mol. The molecule has 0 saturated carbocycles. The van der Waals surface area contributed by atoms with Crippen molar-refractivity contribution in [2.75, 3.05) is 6.54 Å². The fraction of sp³-hybridized carbons (Fsp3) is 0.467. The van der Waals surface area contributed by atoms with Gasteiger partial charge in [-0.15, -0.1) is 0 Å². The third kappa shape index (κ3) is 7.79. The van der Waals surface area contributed by atoms with Gasteiger partial charge in [0.05, 0.1) is 11.3 Å². The number of carbonyl (C=O) groups excluding carboxylic acids is 2. The summed E-state index contributed by atoms with van der Waals surface area (Å²) in [5.74, 6) is -0.487. The van der Waals surface area contributed by atoms with E-state index in [1.807, 2.05) is 0 Å². The third-order valence-electron chi connectivity index (χ3n) is 2.54. The van der Waals surface area contributed by atoms with Crippen LogP contribution in [0.5, 0.6) is 0 Å². The quantitative estimate of drug-likeness (QED) is 0.489. The molecule has 0 atom stereocenters. The van der Waals surface area contributed by atoms with Crippen LogP contribution in [-0.4, -0.2) is 29.1 Å². The summed E-state index contributed by atoms with van der Waals surface area (Å²) in [7, 11) is 0. The maximum Gasteiger partial charge on any atom is 0.407 e. The van der Waals surface area contributed by atoms with Crippen molar-refractivity contribution in [2.24, 2.45) is 0 Å². The molecule has 0 bridgehead atoms. The number of hydrogen-bond acceptors (Lipinski definition) is 6. The number of carbonyl (C=O) groups is 2. The van der Waals surface area contributed by atoms with Gasteiger partial charge in [-0.25, -0.2) is 4.79 Å². The van der Waals surface area contributed by atoms with Crippen LogP contribution in [0, 0.1) is 10.1 Å². The predicted molar refractivity (Wildman–Crippen MR) is 81.7 cm³/mol. The molecule has 8 heteroatoms. The van der Waals surface area contributed by atoms with E-state index in [1.54, 1.807) is 20.8 Å². The molecule has 0 radical (unpaired) electrons. The van der Waals surface area contributed by atoms with E-state index in [9.17, 15) is 19.7 Å². The second-order valence-corrected chi connectivity index (χ2v) is 5.76. The largest absolute Gasteiger partial charge is 0.461 e. The van der Waals surface area contributed by atoms with Gasteiger partial charge < -0.3 is 14.8 Å². The highest BCUT2D eigenvalue weighted by Gasteiger charge is 2.16. The molecule has 8 nitrogen and oxygen atoms in total. The summed E-state index contributed by atoms with van der Waals surface area (Å²) in [6.07, 6.45) is -0.590. The lowest BCUT2D eigenvalue weighted by molar-refractivity contribution is -0.384. The van der Waals surface area contributed by atoms with Crippen molar-refractivity contribution >= 4 is 17.7 Å². The number of ether oxygens (including phenoxy) is 2. The van der Waals surface area contributed by atoms with Crippen LogP contribution in [0.3, 0.4) is 0 Å². The first-order chi connectivity index (χ1) is 10.7. The number of hydrogen-bond donors (Lipinski definition) is 1. The van der Waals surface area contributed by atoms with Crippen LogP contribution in [0.1, 0.15) is 32.8 Å². The SMILES string of the molecule is CC(C)(C)OC(=O)NCCC(=O)OCc1ccc([N+](=O)[O-])cc1. The summed E-state index contributed by atoms with van der Waals surface area (Å²) < 4.78 is 10.0. The summed E-state index contributed by atoms with van der Waals surface area (Å²) >= 11 is 0. The Morgan fingerprint density at radius 1 is 1.22 bits per heavy atom. The molecule has 1 aromatic carbocycles. The van der Waals surface area contributed by atoms with Gasteiger partial charge in [-0.2, -0.15) is 0 Å². The number of esters is 1. The lowest BCUT2D eigenvalue weighted by atomic mass is 10.2. The fourth-order valence-electron chi connectivity index (χ4n) is 1.53. The zero-order valence-electron chi connectivity index (χ0n) is 13.3. The lowest BCUT2D eigenvalue weighted by Crippen LogP contribution is -2.33. The zero-order chi connectivity index (χ0) is 17.5. The molecule has 1 amide bonds. The van der Waals surface area contributed by atoms with Crippen molar-refractivity contribution in [1.82, 2.24) is 5.32 Å². The van der Waals surface area contributed by atoms with E-state index in [-0.39, 0.29) is 25.3 Å². The number of nitro benzene ring substituents is 1. The standard InChI is InChI=1S/C15H20N2O6/c1-15(2,3)23-14(19)16-9-8-13(18)22-10-11-4-6-12(7-5-11)17(20)21/h4-7H,8-10H2,1-3H3,(H,16,19). The number of rotatable bonds is 6. The molecule has 0 fully saturated rings. The van der Waals surface area contributed by atoms with Gasteiger partial charge in [-0.3, -0.25) is 14.9 Å². The van der Waals surface area contributed by atoms with E-state index >= 15 is 0 Å². The van der Waals surface area contributed by atoms with Gasteiger partial charge >= 0.3 is 12.1 Å². The minimum Gasteiger partial charge on any atom is -0.461 e. The Morgan fingerprint density at radius 2 is 1.83 bits per heavy atom. The highest BCUT2D eigenvalue weighted by atomic mass is 16.6. The predicted octanol–water partition coefficient (Wildman–Crippen LogP) is 2.55. The van der Waals surface area contributed by atoms with Crippen molar-refractivity contribution in [2.45, 2.75) is 39.4 Å². The molecular formula is C15H20N2O6. The van der Waals surface area contributed by atoms with Crippen LogP contribution >= 0.6 is 0 Å². The second-order valence-electron chi connectivity index (χ2n) is 5.76. The van der Waals surface area contributed by atoms with Crippen molar-refractivity contribution in [1.29, 1.82) is 0 Å². The first-order valence-corrected chi connectivity index (χ1v) is 7.03. The summed E-state index contributed by atoms with van der Waals surface area (Å²) in [5.41, 5.74) is 0.0197. The number of alkyl carbamates (subject to hydrolysis) is 1. The van der Waals surface area contributed by atoms with E-state index < -0.39 is 22.6 Å². The van der Waals surface area contributed by atoms with E-state index in [4.69, 9.17) is 9.47 Å². The topological polar surface area (TPSA) is 108 Å². The number of nitrogens with zero attached hydrogens (tertiary/aromatic N) is 1. The van der Waals surface area contributed by atoms with Gasteiger partial charge in [0.1, 0.15) is 12.2 Å². The van der Waals surface area contributed by atoms with Crippen LogP contribution in [-0.2, 0) is 20.9 Å². The first kappa shape index (κ1) is 18.4. The van der Waals surface area contributed by atoms with Crippen LogP contribution in [0.4, 0.5) is 10.5 Å². The Labute approximate surface area is 133 Å². The summed E-state index contributed by atoms with van der Waals surface area (Å²) in [6, 6.07) is 5.72. The normalized spacial score (nSPS) is 10.7. The molecule has 23 heavy (non-hydrogen) atoms. The Hall–Kier alpha value is -2.64. The smallest absolute Gasteiger partial charge is 0.407 e. The molecule has 0 heterocycles. The van der Waals surface area contributed by atoms with E-state index in [0.29, 0.717) is 5.56 Å². The monoisotopic (exact) mass is 324 g/mol.